The molecule has 1 aromatic heterocycles. The van der Waals surface area contributed by atoms with Crippen LogP contribution in [-0.2, 0) is 9.53 Å². The minimum atomic E-state index is -0.851. The lowest BCUT2D eigenvalue weighted by atomic mass is 10.0. The number of pyridine rings is 1. The maximum absolute atomic E-state index is 12.7. The van der Waals surface area contributed by atoms with Crippen molar-refractivity contribution in [2.45, 2.75) is 52.7 Å². The number of carbonyl (C=O) groups excluding carboxylic acids is 1. The number of amides is 1. The standard InChI is InChI=1S/C19H26N2O3/c1-6-19(5,23-7-2)18(22)21-15-10-11-16(24-13(3)4)17-14(15)9-8-12-20-17/h8-13H,6-7H2,1-5H3,(H,21,22). The van der Waals surface area contributed by atoms with E-state index in [0.717, 1.165) is 10.9 Å². The zero-order valence-corrected chi connectivity index (χ0v) is 15.1. The second kappa shape index (κ2) is 7.62. The molecule has 0 radical (unpaired) electrons. The Hall–Kier alpha value is -2.14. The van der Waals surface area contributed by atoms with Crippen LogP contribution in [0.15, 0.2) is 30.5 Å². The zero-order valence-electron chi connectivity index (χ0n) is 15.1. The number of fused-ring (bicyclic) bond motifs is 1. The molecule has 1 heterocycles. The van der Waals surface area contributed by atoms with E-state index in [9.17, 15) is 4.79 Å². The van der Waals surface area contributed by atoms with Crippen LogP contribution in [0.4, 0.5) is 5.69 Å². The van der Waals surface area contributed by atoms with Crippen LogP contribution in [-0.4, -0.2) is 29.2 Å². The number of anilines is 1. The first kappa shape index (κ1) is 18.2. The van der Waals surface area contributed by atoms with Crippen molar-refractivity contribution in [2.75, 3.05) is 11.9 Å². The summed E-state index contributed by atoms with van der Waals surface area (Å²) in [7, 11) is 0. The molecule has 2 rings (SSSR count). The van der Waals surface area contributed by atoms with Crippen molar-refractivity contribution < 1.29 is 14.3 Å². The average Bonchev–Trinajstić information content (AvgIpc) is 2.56. The number of benzene rings is 1. The molecule has 0 saturated heterocycles. The van der Waals surface area contributed by atoms with Crippen molar-refractivity contribution >= 4 is 22.5 Å². The highest BCUT2D eigenvalue weighted by Gasteiger charge is 2.32. The van der Waals surface area contributed by atoms with E-state index in [2.05, 4.69) is 10.3 Å². The van der Waals surface area contributed by atoms with E-state index in [-0.39, 0.29) is 12.0 Å². The van der Waals surface area contributed by atoms with Gasteiger partial charge in [0.05, 0.1) is 11.8 Å². The molecule has 1 amide bonds. The van der Waals surface area contributed by atoms with Crippen LogP contribution in [0.1, 0.15) is 41.0 Å². The lowest BCUT2D eigenvalue weighted by Gasteiger charge is -2.27. The predicted molar refractivity (Wildman–Crippen MR) is 96.5 cm³/mol. The first-order valence-electron chi connectivity index (χ1n) is 8.41. The third-order valence-electron chi connectivity index (χ3n) is 3.96. The highest BCUT2D eigenvalue weighted by molar-refractivity contribution is 6.05. The van der Waals surface area contributed by atoms with E-state index < -0.39 is 5.60 Å². The van der Waals surface area contributed by atoms with E-state index in [0.29, 0.717) is 24.5 Å². The van der Waals surface area contributed by atoms with Crippen LogP contribution >= 0.6 is 0 Å². The lowest BCUT2D eigenvalue weighted by Crippen LogP contribution is -2.42. The predicted octanol–water partition coefficient (Wildman–Crippen LogP) is 4.17. The fourth-order valence-corrected chi connectivity index (χ4v) is 2.51. The van der Waals surface area contributed by atoms with Crippen molar-refractivity contribution in [3.8, 4) is 5.75 Å². The van der Waals surface area contributed by atoms with Gasteiger partial charge in [0, 0.05) is 18.2 Å². The minimum absolute atomic E-state index is 0.0528. The Kier molecular flexibility index (Phi) is 5.78. The number of carbonyl (C=O) groups is 1. The molecule has 0 aliphatic heterocycles. The van der Waals surface area contributed by atoms with Crippen LogP contribution in [0.2, 0.25) is 0 Å². The Morgan fingerprint density at radius 1 is 1.29 bits per heavy atom. The smallest absolute Gasteiger partial charge is 0.256 e. The van der Waals surface area contributed by atoms with Crippen LogP contribution in [0.5, 0.6) is 5.75 Å². The van der Waals surface area contributed by atoms with Crippen molar-refractivity contribution in [1.82, 2.24) is 4.98 Å². The SMILES string of the molecule is CCOC(C)(CC)C(=O)Nc1ccc(OC(C)C)c2ncccc12. The first-order chi connectivity index (χ1) is 11.4. The fraction of sp³-hybridized carbons (Fsp3) is 0.474. The molecule has 2 aromatic rings. The quantitative estimate of drug-likeness (QED) is 0.828. The van der Waals surface area contributed by atoms with Gasteiger partial charge in [0.2, 0.25) is 0 Å². The summed E-state index contributed by atoms with van der Waals surface area (Å²) in [4.78, 5) is 17.1. The number of aromatic nitrogens is 1. The number of ether oxygens (including phenoxy) is 2. The summed E-state index contributed by atoms with van der Waals surface area (Å²) in [6.07, 6.45) is 2.37. The van der Waals surface area contributed by atoms with Gasteiger partial charge in [0.25, 0.3) is 5.91 Å². The number of nitrogens with one attached hydrogen (secondary N) is 1. The van der Waals surface area contributed by atoms with Gasteiger partial charge in [-0.05, 0) is 58.4 Å². The molecule has 1 unspecified atom stereocenters. The molecule has 130 valence electrons. The minimum Gasteiger partial charge on any atom is -0.489 e. The Labute approximate surface area is 143 Å². The monoisotopic (exact) mass is 330 g/mol. The fourth-order valence-electron chi connectivity index (χ4n) is 2.51. The summed E-state index contributed by atoms with van der Waals surface area (Å²) in [6.45, 7) is 10.1. The molecule has 0 aliphatic rings. The first-order valence-corrected chi connectivity index (χ1v) is 8.41. The van der Waals surface area contributed by atoms with Gasteiger partial charge in [0.1, 0.15) is 16.9 Å². The maximum atomic E-state index is 12.7. The van der Waals surface area contributed by atoms with E-state index in [1.165, 1.54) is 0 Å². The van der Waals surface area contributed by atoms with Gasteiger partial charge in [-0.2, -0.15) is 0 Å². The highest BCUT2D eigenvalue weighted by Crippen LogP contribution is 2.31. The summed E-state index contributed by atoms with van der Waals surface area (Å²) in [5.74, 6) is 0.552. The molecule has 1 atom stereocenters. The molecule has 1 N–H and O–H groups in total. The summed E-state index contributed by atoms with van der Waals surface area (Å²) in [5.41, 5.74) is 0.591. The molecule has 0 spiro atoms. The second-order valence-electron chi connectivity index (χ2n) is 6.15. The van der Waals surface area contributed by atoms with Crippen molar-refractivity contribution in [3.63, 3.8) is 0 Å². The van der Waals surface area contributed by atoms with Gasteiger partial charge >= 0.3 is 0 Å². The molecule has 0 bridgehead atoms. The van der Waals surface area contributed by atoms with Gasteiger partial charge in [-0.25, -0.2) is 0 Å². The summed E-state index contributed by atoms with van der Waals surface area (Å²) >= 11 is 0. The zero-order chi connectivity index (χ0) is 17.7. The maximum Gasteiger partial charge on any atom is 0.256 e. The Morgan fingerprint density at radius 3 is 2.67 bits per heavy atom. The Morgan fingerprint density at radius 2 is 2.04 bits per heavy atom. The topological polar surface area (TPSA) is 60.5 Å². The molecule has 5 heteroatoms. The molecule has 1 aromatic carbocycles. The lowest BCUT2D eigenvalue weighted by molar-refractivity contribution is -0.139. The van der Waals surface area contributed by atoms with Gasteiger partial charge in [-0.1, -0.05) is 6.92 Å². The van der Waals surface area contributed by atoms with Crippen LogP contribution < -0.4 is 10.1 Å². The van der Waals surface area contributed by atoms with Crippen LogP contribution in [0.25, 0.3) is 10.9 Å². The molecule has 24 heavy (non-hydrogen) atoms. The molecular formula is C19H26N2O3. The van der Waals surface area contributed by atoms with Crippen molar-refractivity contribution in [1.29, 1.82) is 0 Å². The van der Waals surface area contributed by atoms with Crippen LogP contribution in [0, 0.1) is 0 Å². The molecule has 0 saturated carbocycles. The largest absolute Gasteiger partial charge is 0.489 e. The Bertz CT molecular complexity index is 715. The van der Waals surface area contributed by atoms with Gasteiger partial charge < -0.3 is 14.8 Å². The molecular weight excluding hydrogens is 304 g/mol. The summed E-state index contributed by atoms with van der Waals surface area (Å²) in [5, 5.41) is 3.83. The van der Waals surface area contributed by atoms with Crippen LogP contribution in [0.3, 0.4) is 0 Å². The molecule has 5 nitrogen and oxygen atoms in total. The summed E-state index contributed by atoms with van der Waals surface area (Å²) < 4.78 is 11.5. The molecule has 0 fully saturated rings. The number of hydrogen-bond acceptors (Lipinski definition) is 4. The van der Waals surface area contributed by atoms with Gasteiger partial charge in [-0.3, -0.25) is 9.78 Å². The highest BCUT2D eigenvalue weighted by atomic mass is 16.5. The van der Waals surface area contributed by atoms with E-state index in [1.54, 1.807) is 6.20 Å². The Balaban J connectivity index is 2.38. The van der Waals surface area contributed by atoms with Crippen molar-refractivity contribution in [2.24, 2.45) is 0 Å². The van der Waals surface area contributed by atoms with E-state index in [1.807, 2.05) is 58.9 Å². The average molecular weight is 330 g/mol. The second-order valence-corrected chi connectivity index (χ2v) is 6.15. The van der Waals surface area contributed by atoms with E-state index in [4.69, 9.17) is 9.47 Å². The number of nitrogens with zero attached hydrogens (tertiary/aromatic N) is 1. The van der Waals surface area contributed by atoms with E-state index >= 15 is 0 Å². The van der Waals surface area contributed by atoms with Gasteiger partial charge in [-0.15, -0.1) is 0 Å². The third-order valence-corrected chi connectivity index (χ3v) is 3.96. The number of hydrogen-bond donors (Lipinski definition) is 1. The molecule has 0 aliphatic carbocycles. The van der Waals surface area contributed by atoms with Crippen molar-refractivity contribution in [3.05, 3.63) is 30.5 Å². The third kappa shape index (κ3) is 3.85. The normalized spacial score (nSPS) is 13.8. The van der Waals surface area contributed by atoms with Gasteiger partial charge in [0.15, 0.2) is 0 Å². The summed E-state index contributed by atoms with van der Waals surface area (Å²) in [6, 6.07) is 7.46. The number of rotatable bonds is 7.